The molecule has 4 nitrogen and oxygen atoms in total. The van der Waals surface area contributed by atoms with Crippen LogP contribution in [0.5, 0.6) is 0 Å². The highest BCUT2D eigenvalue weighted by molar-refractivity contribution is 7.89. The van der Waals surface area contributed by atoms with Gasteiger partial charge in [-0.25, -0.2) is 12.7 Å². The van der Waals surface area contributed by atoms with Gasteiger partial charge in [0.05, 0.1) is 5.25 Å². The third-order valence-corrected chi connectivity index (χ3v) is 4.44. The summed E-state index contributed by atoms with van der Waals surface area (Å²) in [7, 11) is 0.145. The molecule has 5 heteroatoms. The molecule has 72 valence electrons. The average Bonchev–Trinajstić information content (AvgIpc) is 2.06. The Labute approximate surface area is 74.0 Å². The zero-order chi connectivity index (χ0) is 9.19. The summed E-state index contributed by atoms with van der Waals surface area (Å²) in [6.45, 7) is 1.54. The Bertz CT molecular complexity index is 230. The predicted molar refractivity (Wildman–Crippen MR) is 48.5 cm³/mol. The monoisotopic (exact) mass is 192 g/mol. The van der Waals surface area contributed by atoms with Gasteiger partial charge in [0.1, 0.15) is 0 Å². The molecule has 0 radical (unpaired) electrons. The maximum Gasteiger partial charge on any atom is 0.217 e. The van der Waals surface area contributed by atoms with Crippen LogP contribution in [0.4, 0.5) is 0 Å². The number of piperidine rings is 1. The molecule has 1 heterocycles. The standard InChI is InChI=1S/C7H16N2O2S/c1-9(2)12(10,11)7-4-3-5-8-6-7/h7-8H,3-6H2,1-2H3/t7-/m0/s1. The first-order chi connectivity index (χ1) is 5.55. The molecule has 0 aromatic rings. The van der Waals surface area contributed by atoms with Crippen LogP contribution in [0.3, 0.4) is 0 Å². The predicted octanol–water partition coefficient (Wildman–Crippen LogP) is -0.370. The molecule has 0 aromatic heterocycles. The van der Waals surface area contributed by atoms with E-state index in [0.717, 1.165) is 19.4 Å². The van der Waals surface area contributed by atoms with Crippen LogP contribution in [0, 0.1) is 0 Å². The first-order valence-electron chi connectivity index (χ1n) is 4.17. The topological polar surface area (TPSA) is 49.4 Å². The zero-order valence-electron chi connectivity index (χ0n) is 7.58. The third kappa shape index (κ3) is 1.97. The highest BCUT2D eigenvalue weighted by Gasteiger charge is 2.28. The molecule has 1 fully saturated rings. The molecule has 0 aliphatic carbocycles. The maximum atomic E-state index is 11.6. The zero-order valence-corrected chi connectivity index (χ0v) is 8.39. The van der Waals surface area contributed by atoms with Crippen molar-refractivity contribution in [3.8, 4) is 0 Å². The summed E-state index contributed by atoms with van der Waals surface area (Å²) in [5, 5.41) is 2.87. The summed E-state index contributed by atoms with van der Waals surface area (Å²) in [6, 6.07) is 0. The fourth-order valence-corrected chi connectivity index (χ4v) is 2.76. The van der Waals surface area contributed by atoms with Crippen LogP contribution in [0.2, 0.25) is 0 Å². The van der Waals surface area contributed by atoms with E-state index in [1.165, 1.54) is 4.31 Å². The summed E-state index contributed by atoms with van der Waals surface area (Å²) >= 11 is 0. The second kappa shape index (κ2) is 3.72. The van der Waals surface area contributed by atoms with E-state index in [4.69, 9.17) is 0 Å². The minimum Gasteiger partial charge on any atom is -0.315 e. The van der Waals surface area contributed by atoms with Crippen LogP contribution in [0.1, 0.15) is 12.8 Å². The van der Waals surface area contributed by atoms with Gasteiger partial charge in [-0.05, 0) is 19.4 Å². The van der Waals surface area contributed by atoms with Gasteiger partial charge in [-0.1, -0.05) is 0 Å². The second-order valence-electron chi connectivity index (χ2n) is 3.30. The van der Waals surface area contributed by atoms with E-state index in [9.17, 15) is 8.42 Å². The number of hydrogen-bond acceptors (Lipinski definition) is 3. The number of nitrogens with one attached hydrogen (secondary N) is 1. The van der Waals surface area contributed by atoms with E-state index >= 15 is 0 Å². The lowest BCUT2D eigenvalue weighted by Crippen LogP contribution is -2.43. The summed E-state index contributed by atoms with van der Waals surface area (Å²) in [5.41, 5.74) is 0. The first-order valence-corrected chi connectivity index (χ1v) is 5.67. The SMILES string of the molecule is CN(C)S(=O)(=O)[C@H]1CCCNC1. The van der Waals surface area contributed by atoms with Crippen LogP contribution in [-0.2, 0) is 10.0 Å². The van der Waals surface area contributed by atoms with Crippen molar-refractivity contribution in [3.05, 3.63) is 0 Å². The van der Waals surface area contributed by atoms with Crippen LogP contribution >= 0.6 is 0 Å². The molecular weight excluding hydrogens is 176 g/mol. The molecular formula is C7H16N2O2S. The molecule has 1 N–H and O–H groups in total. The molecule has 0 amide bonds. The number of sulfonamides is 1. The largest absolute Gasteiger partial charge is 0.315 e. The van der Waals surface area contributed by atoms with Gasteiger partial charge in [0.2, 0.25) is 10.0 Å². The van der Waals surface area contributed by atoms with E-state index in [2.05, 4.69) is 5.32 Å². The van der Waals surface area contributed by atoms with Gasteiger partial charge >= 0.3 is 0 Å². The highest BCUT2D eigenvalue weighted by atomic mass is 32.2. The van der Waals surface area contributed by atoms with Crippen molar-refractivity contribution in [2.24, 2.45) is 0 Å². The molecule has 12 heavy (non-hydrogen) atoms. The number of rotatable bonds is 2. The van der Waals surface area contributed by atoms with Crippen LogP contribution < -0.4 is 5.32 Å². The van der Waals surface area contributed by atoms with Crippen molar-refractivity contribution in [2.75, 3.05) is 27.2 Å². The Kier molecular flexibility index (Phi) is 3.09. The molecule has 1 aliphatic rings. The van der Waals surface area contributed by atoms with Gasteiger partial charge in [0, 0.05) is 20.6 Å². The fourth-order valence-electron chi connectivity index (χ4n) is 1.37. The Morgan fingerprint density at radius 2 is 2.08 bits per heavy atom. The minimum atomic E-state index is -3.03. The summed E-state index contributed by atoms with van der Waals surface area (Å²) < 4.78 is 24.5. The molecule has 1 rings (SSSR count). The Hall–Kier alpha value is -0.130. The fraction of sp³-hybridized carbons (Fsp3) is 1.00. The maximum absolute atomic E-state index is 11.6. The number of nitrogens with zero attached hydrogens (tertiary/aromatic N) is 1. The minimum absolute atomic E-state index is 0.221. The smallest absolute Gasteiger partial charge is 0.217 e. The Morgan fingerprint density at radius 1 is 1.42 bits per heavy atom. The third-order valence-electron chi connectivity index (χ3n) is 2.18. The van der Waals surface area contributed by atoms with Crippen molar-refractivity contribution in [1.82, 2.24) is 9.62 Å². The second-order valence-corrected chi connectivity index (χ2v) is 5.72. The average molecular weight is 192 g/mol. The molecule has 1 aliphatic heterocycles. The van der Waals surface area contributed by atoms with Crippen molar-refractivity contribution < 1.29 is 8.42 Å². The molecule has 0 aromatic carbocycles. The van der Waals surface area contributed by atoms with E-state index in [-0.39, 0.29) is 5.25 Å². The van der Waals surface area contributed by atoms with Crippen LogP contribution in [0.25, 0.3) is 0 Å². The Balaban J connectivity index is 2.67. The summed E-state index contributed by atoms with van der Waals surface area (Å²) in [4.78, 5) is 0. The van der Waals surface area contributed by atoms with Crippen molar-refractivity contribution in [1.29, 1.82) is 0 Å². The van der Waals surface area contributed by atoms with E-state index in [1.54, 1.807) is 14.1 Å². The van der Waals surface area contributed by atoms with Gasteiger partial charge < -0.3 is 5.32 Å². The molecule has 0 spiro atoms. The first kappa shape index (κ1) is 9.95. The molecule has 0 bridgehead atoms. The molecule has 1 atom stereocenters. The van der Waals surface area contributed by atoms with Crippen LogP contribution in [-0.4, -0.2) is 45.2 Å². The highest BCUT2D eigenvalue weighted by Crippen LogP contribution is 2.13. The number of hydrogen-bond donors (Lipinski definition) is 1. The Morgan fingerprint density at radius 3 is 2.50 bits per heavy atom. The van der Waals surface area contributed by atoms with Crippen molar-refractivity contribution in [3.63, 3.8) is 0 Å². The normalized spacial score (nSPS) is 26.1. The lowest BCUT2D eigenvalue weighted by molar-refractivity contribution is 0.459. The summed E-state index contributed by atoms with van der Waals surface area (Å²) in [6.07, 6.45) is 1.74. The molecule has 1 saturated heterocycles. The van der Waals surface area contributed by atoms with Gasteiger partial charge in [0.25, 0.3) is 0 Å². The van der Waals surface area contributed by atoms with Gasteiger partial charge in [0.15, 0.2) is 0 Å². The lowest BCUT2D eigenvalue weighted by Gasteiger charge is -2.25. The summed E-state index contributed by atoms with van der Waals surface area (Å²) in [5.74, 6) is 0. The molecule has 0 unspecified atom stereocenters. The lowest BCUT2D eigenvalue weighted by atomic mass is 10.2. The van der Waals surface area contributed by atoms with Gasteiger partial charge in [-0.3, -0.25) is 0 Å². The van der Waals surface area contributed by atoms with Gasteiger partial charge in [-0.15, -0.1) is 0 Å². The quantitative estimate of drug-likeness (QED) is 0.649. The molecule has 0 saturated carbocycles. The van der Waals surface area contributed by atoms with Crippen molar-refractivity contribution >= 4 is 10.0 Å². The van der Waals surface area contributed by atoms with Crippen LogP contribution in [0.15, 0.2) is 0 Å². The van der Waals surface area contributed by atoms with E-state index in [1.807, 2.05) is 0 Å². The van der Waals surface area contributed by atoms with Crippen molar-refractivity contribution in [2.45, 2.75) is 18.1 Å². The van der Waals surface area contributed by atoms with Gasteiger partial charge in [-0.2, -0.15) is 0 Å². The van der Waals surface area contributed by atoms with E-state index < -0.39 is 10.0 Å². The van der Waals surface area contributed by atoms with E-state index in [0.29, 0.717) is 6.54 Å².